The van der Waals surface area contributed by atoms with E-state index in [9.17, 15) is 4.79 Å². The van der Waals surface area contributed by atoms with Crippen molar-refractivity contribution in [3.05, 3.63) is 22.4 Å². The fourth-order valence-corrected chi connectivity index (χ4v) is 10.6. The molecule has 0 N–H and O–H groups in total. The van der Waals surface area contributed by atoms with E-state index in [1.165, 1.54) is 62.7 Å². The summed E-state index contributed by atoms with van der Waals surface area (Å²) in [5.74, 6) is 6.20. The van der Waals surface area contributed by atoms with Crippen molar-refractivity contribution in [1.29, 1.82) is 0 Å². The third-order valence-electron chi connectivity index (χ3n) is 12.1. The molecule has 1 aromatic heterocycles. The average Bonchev–Trinajstić information content (AvgIpc) is 3.52. The molecule has 0 radical (unpaired) electrons. The molecule has 39 heavy (non-hydrogen) atoms. The van der Waals surface area contributed by atoms with E-state index in [2.05, 4.69) is 40.7 Å². The Labute approximate surface area is 240 Å². The molecule has 1 aliphatic heterocycles. The molecule has 4 aliphatic carbocycles. The maximum Gasteiger partial charge on any atom is 0.351 e. The summed E-state index contributed by atoms with van der Waals surface area (Å²) >= 11 is 1.53. The highest BCUT2D eigenvalue weighted by molar-refractivity contribution is 7.08. The number of carbonyl (C=O) groups is 1. The Kier molecular flexibility index (Phi) is 7.61. The van der Waals surface area contributed by atoms with Crippen LogP contribution in [0.4, 0.5) is 0 Å². The predicted molar refractivity (Wildman–Crippen MR) is 157 cm³/mol. The molecule has 0 amide bonds. The Morgan fingerprint density at radius 1 is 1.05 bits per heavy atom. The highest BCUT2D eigenvalue weighted by Gasteiger charge is 2.59. The number of thiophene rings is 1. The van der Waals surface area contributed by atoms with Gasteiger partial charge in [0.05, 0.1) is 0 Å². The van der Waals surface area contributed by atoms with Gasteiger partial charge in [0, 0.05) is 17.2 Å². The van der Waals surface area contributed by atoms with Gasteiger partial charge in [-0.25, -0.2) is 4.79 Å². The van der Waals surface area contributed by atoms with Gasteiger partial charge < -0.3 is 14.2 Å². The Morgan fingerprint density at radius 2 is 1.87 bits per heavy atom. The van der Waals surface area contributed by atoms with E-state index in [0.717, 1.165) is 60.5 Å². The average molecular weight is 555 g/mol. The molecule has 0 saturated heterocycles. The molecule has 3 fully saturated rings. The van der Waals surface area contributed by atoms with E-state index in [1.807, 2.05) is 10.8 Å². The molecule has 5 heteroatoms. The summed E-state index contributed by atoms with van der Waals surface area (Å²) in [5.41, 5.74) is 2.36. The number of hydrogen-bond donors (Lipinski definition) is 0. The third-order valence-corrected chi connectivity index (χ3v) is 12.8. The summed E-state index contributed by atoms with van der Waals surface area (Å²) in [6.07, 6.45) is 15.9. The van der Waals surface area contributed by atoms with Crippen LogP contribution in [0, 0.1) is 46.3 Å². The lowest BCUT2D eigenvalue weighted by Gasteiger charge is -2.58. The van der Waals surface area contributed by atoms with Crippen LogP contribution >= 0.6 is 11.3 Å². The van der Waals surface area contributed by atoms with E-state index in [4.69, 9.17) is 14.2 Å². The van der Waals surface area contributed by atoms with Gasteiger partial charge in [0.15, 0.2) is 11.5 Å². The zero-order chi connectivity index (χ0) is 27.4. The molecule has 4 nitrogen and oxygen atoms in total. The molecule has 1 unspecified atom stereocenters. The molecular weight excluding hydrogens is 504 g/mol. The number of fused-ring (bicyclic) bond motifs is 6. The largest absolute Gasteiger partial charge is 0.484 e. The van der Waals surface area contributed by atoms with Gasteiger partial charge in [-0.3, -0.25) is 0 Å². The molecule has 6 rings (SSSR count). The van der Waals surface area contributed by atoms with Gasteiger partial charge in [0.2, 0.25) is 6.10 Å². The quantitative estimate of drug-likeness (QED) is 0.249. The first kappa shape index (κ1) is 27.7. The van der Waals surface area contributed by atoms with Gasteiger partial charge in [-0.2, -0.15) is 0 Å². The van der Waals surface area contributed by atoms with Crippen LogP contribution in [0.2, 0.25) is 0 Å². The van der Waals surface area contributed by atoms with E-state index in [1.54, 1.807) is 5.57 Å². The normalized spacial score (nSPS) is 39.8. The van der Waals surface area contributed by atoms with Crippen LogP contribution in [0.15, 0.2) is 22.4 Å². The molecule has 3 saturated carbocycles. The molecule has 0 bridgehead atoms. The van der Waals surface area contributed by atoms with Crippen LogP contribution in [0.5, 0.6) is 11.5 Å². The molecule has 9 atom stereocenters. The standard InChI is InChI=1S/C34H50O4S/c1-21(2)7-6-8-22(3)26-11-12-27-25-10-9-23-17-24(13-15-33(23,4)28(25)14-16-34(26,27)5)37-32(35)29-18-36-30-19-39-20-31(30)38-29/h9,19-22,24-29H,6-8,10-18H2,1-5H3/t22-,24+,25+,26-,27+,28+,29?,33+,34-/m1/s1. The molecule has 0 aromatic carbocycles. The highest BCUT2D eigenvalue weighted by Crippen LogP contribution is 2.67. The SMILES string of the molecule is CC(C)CCC[C@@H](C)[C@H]1CC[C@H]2[C@@H]3CC=C4C[C@@H](OC(=O)C5COc6cscc6O5)CC[C@]4(C)[C@H]3CC[C@]12C. The molecule has 5 aliphatic rings. The van der Waals surface area contributed by atoms with Gasteiger partial charge in [0.25, 0.3) is 0 Å². The van der Waals surface area contributed by atoms with E-state index < -0.39 is 6.10 Å². The summed E-state index contributed by atoms with van der Waals surface area (Å²) in [6, 6.07) is 0. The first-order valence-electron chi connectivity index (χ1n) is 15.9. The van der Waals surface area contributed by atoms with Crippen molar-refractivity contribution in [2.24, 2.45) is 46.3 Å². The predicted octanol–water partition coefficient (Wildman–Crippen LogP) is 8.84. The second-order valence-electron chi connectivity index (χ2n) is 14.6. The van der Waals surface area contributed by atoms with Crippen LogP contribution in [0.25, 0.3) is 0 Å². The minimum Gasteiger partial charge on any atom is -0.484 e. The second-order valence-corrected chi connectivity index (χ2v) is 15.4. The topological polar surface area (TPSA) is 44.8 Å². The van der Waals surface area contributed by atoms with Crippen LogP contribution in [0.1, 0.15) is 105 Å². The van der Waals surface area contributed by atoms with Gasteiger partial charge in [-0.1, -0.05) is 65.5 Å². The zero-order valence-corrected chi connectivity index (χ0v) is 25.7. The van der Waals surface area contributed by atoms with Gasteiger partial charge in [0.1, 0.15) is 12.7 Å². The molecule has 1 aromatic rings. The molecular formula is C34H50O4S. The van der Waals surface area contributed by atoms with Gasteiger partial charge in [-0.05, 0) is 91.3 Å². The second kappa shape index (κ2) is 10.7. The minimum atomic E-state index is -0.663. The first-order chi connectivity index (χ1) is 18.7. The maximum atomic E-state index is 13.0. The van der Waals surface area contributed by atoms with Crippen molar-refractivity contribution in [1.82, 2.24) is 0 Å². The molecule has 2 heterocycles. The lowest BCUT2D eigenvalue weighted by atomic mass is 9.47. The van der Waals surface area contributed by atoms with Gasteiger partial charge >= 0.3 is 5.97 Å². The van der Waals surface area contributed by atoms with Crippen LogP contribution < -0.4 is 9.47 Å². The molecule has 0 spiro atoms. The summed E-state index contributed by atoms with van der Waals surface area (Å²) in [4.78, 5) is 13.0. The highest BCUT2D eigenvalue weighted by atomic mass is 32.1. The number of esters is 1. The zero-order valence-electron chi connectivity index (χ0n) is 24.9. The van der Waals surface area contributed by atoms with E-state index >= 15 is 0 Å². The van der Waals surface area contributed by atoms with Crippen LogP contribution in [-0.2, 0) is 9.53 Å². The first-order valence-corrected chi connectivity index (χ1v) is 16.9. The molecule has 216 valence electrons. The summed E-state index contributed by atoms with van der Waals surface area (Å²) in [5, 5.41) is 3.80. The summed E-state index contributed by atoms with van der Waals surface area (Å²) in [7, 11) is 0. The van der Waals surface area contributed by atoms with Crippen molar-refractivity contribution in [3.8, 4) is 11.5 Å². The lowest BCUT2D eigenvalue weighted by molar-refractivity contribution is -0.162. The lowest BCUT2D eigenvalue weighted by Crippen LogP contribution is -2.51. The smallest absolute Gasteiger partial charge is 0.351 e. The third kappa shape index (κ3) is 4.97. The van der Waals surface area contributed by atoms with Gasteiger partial charge in [-0.15, -0.1) is 11.3 Å². The fraction of sp³-hybridized carbons (Fsp3) is 0.794. The monoisotopic (exact) mass is 554 g/mol. The number of allylic oxidation sites excluding steroid dienone is 1. The Morgan fingerprint density at radius 3 is 2.69 bits per heavy atom. The van der Waals surface area contributed by atoms with Crippen molar-refractivity contribution in [2.75, 3.05) is 6.61 Å². The van der Waals surface area contributed by atoms with Crippen molar-refractivity contribution >= 4 is 17.3 Å². The Bertz CT molecular complexity index is 1080. The fourth-order valence-electron chi connectivity index (χ4n) is 9.93. The number of carbonyl (C=O) groups excluding carboxylic acids is 1. The van der Waals surface area contributed by atoms with Crippen molar-refractivity contribution in [3.63, 3.8) is 0 Å². The minimum absolute atomic E-state index is 0.0442. The summed E-state index contributed by atoms with van der Waals surface area (Å²) in [6.45, 7) is 12.8. The summed E-state index contributed by atoms with van der Waals surface area (Å²) < 4.78 is 17.6. The number of rotatable bonds is 7. The van der Waals surface area contributed by atoms with E-state index in [-0.39, 0.29) is 24.1 Å². The van der Waals surface area contributed by atoms with E-state index in [0.29, 0.717) is 11.2 Å². The number of ether oxygens (including phenoxy) is 3. The van der Waals surface area contributed by atoms with Crippen molar-refractivity contribution < 1.29 is 19.0 Å². The van der Waals surface area contributed by atoms with Crippen LogP contribution in [0.3, 0.4) is 0 Å². The maximum absolute atomic E-state index is 13.0. The Hall–Kier alpha value is -1.49. The number of hydrogen-bond acceptors (Lipinski definition) is 5. The Balaban J connectivity index is 1.09. The van der Waals surface area contributed by atoms with Crippen molar-refractivity contribution in [2.45, 2.75) is 117 Å². The van der Waals surface area contributed by atoms with Crippen LogP contribution in [-0.4, -0.2) is 24.8 Å².